The van der Waals surface area contributed by atoms with Gasteiger partial charge in [-0.3, -0.25) is 4.79 Å². The first kappa shape index (κ1) is 19.2. The largest absolute Gasteiger partial charge is 0.437 e. The summed E-state index contributed by atoms with van der Waals surface area (Å²) < 4.78 is 6.43. The summed E-state index contributed by atoms with van der Waals surface area (Å²) in [5.74, 6) is 2.08. The Morgan fingerprint density at radius 2 is 1.53 bits per heavy atom. The average molecular weight is 417 g/mol. The minimum absolute atomic E-state index is 0.233. The van der Waals surface area contributed by atoms with E-state index in [1.165, 1.54) is 24.3 Å². The topological polar surface area (TPSA) is 46.3 Å². The summed E-state index contributed by atoms with van der Waals surface area (Å²) in [6.45, 7) is 2.15. The van der Waals surface area contributed by atoms with Crippen LogP contribution in [0.1, 0.15) is 31.6 Å². The molecule has 5 heteroatoms. The van der Waals surface area contributed by atoms with Crippen LogP contribution in [0.2, 0.25) is 0 Å². The zero-order chi connectivity index (χ0) is 20.3. The molecule has 3 aromatic rings. The van der Waals surface area contributed by atoms with Crippen molar-refractivity contribution in [1.29, 1.82) is 0 Å². The number of allylic oxidation sites excluding steroid dienone is 1. The lowest BCUT2D eigenvalue weighted by Crippen LogP contribution is -2.28. The van der Waals surface area contributed by atoms with E-state index in [-0.39, 0.29) is 5.56 Å². The van der Waals surface area contributed by atoms with Gasteiger partial charge in [0.15, 0.2) is 0 Å². The molecule has 4 nitrogen and oxygen atoms in total. The molecule has 0 atom stereocenters. The van der Waals surface area contributed by atoms with Gasteiger partial charge in [0, 0.05) is 30.0 Å². The van der Waals surface area contributed by atoms with E-state index in [0.717, 1.165) is 42.0 Å². The van der Waals surface area contributed by atoms with E-state index in [1.54, 1.807) is 0 Å². The number of rotatable bonds is 4. The molecule has 0 saturated carbocycles. The van der Waals surface area contributed by atoms with Gasteiger partial charge in [0.05, 0.1) is 10.6 Å². The molecule has 1 aromatic heterocycles. The van der Waals surface area contributed by atoms with E-state index in [1.807, 2.05) is 72.4 Å². The Balaban J connectivity index is 1.68. The van der Waals surface area contributed by atoms with Crippen LogP contribution >= 0.6 is 11.8 Å². The highest BCUT2D eigenvalue weighted by molar-refractivity contribution is 8.03. The van der Waals surface area contributed by atoms with Crippen LogP contribution in [-0.4, -0.2) is 28.7 Å². The predicted molar refractivity (Wildman–Crippen MR) is 123 cm³/mol. The molecule has 0 spiro atoms. The zero-order valence-electron chi connectivity index (χ0n) is 16.8. The standard InChI is InChI=1S/C25H24N2O2S/c28-23-21(18-10-4-1-5-11-18)22(19-12-6-2-7-13-19)29-24(26-23)20-14-17-30-25(20)27-15-8-3-9-16-27/h1-2,4-7,10-13H,3,8-9,14-17H2. The summed E-state index contributed by atoms with van der Waals surface area (Å²) in [6, 6.07) is 19.5. The molecule has 3 heterocycles. The molecule has 0 bridgehead atoms. The summed E-state index contributed by atoms with van der Waals surface area (Å²) in [7, 11) is 0. The maximum Gasteiger partial charge on any atom is 0.284 e. The Hall–Kier alpha value is -2.79. The van der Waals surface area contributed by atoms with Gasteiger partial charge in [-0.05, 0) is 31.2 Å². The summed E-state index contributed by atoms with van der Waals surface area (Å²) in [5.41, 5.74) is 3.09. The van der Waals surface area contributed by atoms with E-state index in [0.29, 0.717) is 17.2 Å². The van der Waals surface area contributed by atoms with Crippen LogP contribution in [-0.2, 0) is 0 Å². The van der Waals surface area contributed by atoms with E-state index < -0.39 is 0 Å². The van der Waals surface area contributed by atoms with Gasteiger partial charge < -0.3 is 9.32 Å². The highest BCUT2D eigenvalue weighted by atomic mass is 32.2. The summed E-state index contributed by atoms with van der Waals surface area (Å²) >= 11 is 1.86. The molecule has 2 aliphatic rings. The van der Waals surface area contributed by atoms with E-state index in [4.69, 9.17) is 4.42 Å². The Morgan fingerprint density at radius 3 is 2.23 bits per heavy atom. The molecule has 0 radical (unpaired) electrons. The molecule has 0 unspecified atom stereocenters. The van der Waals surface area contributed by atoms with Crippen molar-refractivity contribution in [3.8, 4) is 22.5 Å². The van der Waals surface area contributed by atoms with Gasteiger partial charge in [-0.2, -0.15) is 4.98 Å². The predicted octanol–water partition coefficient (Wildman–Crippen LogP) is 5.66. The molecular formula is C25H24N2O2S. The maximum absolute atomic E-state index is 13.3. The van der Waals surface area contributed by atoms with Crippen molar-refractivity contribution >= 4 is 17.3 Å². The van der Waals surface area contributed by atoms with Gasteiger partial charge in [0.2, 0.25) is 5.89 Å². The second-order valence-electron chi connectivity index (χ2n) is 7.69. The van der Waals surface area contributed by atoms with Crippen LogP contribution < -0.4 is 5.56 Å². The third-order valence-corrected chi connectivity index (χ3v) is 6.88. The van der Waals surface area contributed by atoms with Gasteiger partial charge in [-0.15, -0.1) is 11.8 Å². The highest BCUT2D eigenvalue weighted by Crippen LogP contribution is 2.41. The van der Waals surface area contributed by atoms with Gasteiger partial charge in [0.1, 0.15) is 5.76 Å². The maximum atomic E-state index is 13.3. The van der Waals surface area contributed by atoms with Crippen molar-refractivity contribution in [1.82, 2.24) is 9.88 Å². The second kappa shape index (κ2) is 8.52. The number of aromatic nitrogens is 1. The Morgan fingerprint density at radius 1 is 0.867 bits per heavy atom. The van der Waals surface area contributed by atoms with Crippen molar-refractivity contribution < 1.29 is 4.42 Å². The van der Waals surface area contributed by atoms with Crippen LogP contribution in [0.15, 0.2) is 74.9 Å². The van der Waals surface area contributed by atoms with Gasteiger partial charge in [0.25, 0.3) is 5.56 Å². The molecule has 1 fully saturated rings. The normalized spacial score (nSPS) is 16.9. The van der Waals surface area contributed by atoms with E-state index in [2.05, 4.69) is 9.88 Å². The molecule has 0 amide bonds. The quantitative estimate of drug-likeness (QED) is 0.549. The molecule has 152 valence electrons. The lowest BCUT2D eigenvalue weighted by atomic mass is 10.0. The summed E-state index contributed by atoms with van der Waals surface area (Å²) in [5, 5.41) is 1.25. The lowest BCUT2D eigenvalue weighted by molar-refractivity contribution is 0.303. The fraction of sp³-hybridized carbons (Fsp3) is 0.280. The number of piperidine rings is 1. The molecular weight excluding hydrogens is 392 g/mol. The molecule has 0 aliphatic carbocycles. The van der Waals surface area contributed by atoms with Crippen LogP contribution in [0.3, 0.4) is 0 Å². The Kier molecular flexibility index (Phi) is 5.45. The number of thioether (sulfide) groups is 1. The van der Waals surface area contributed by atoms with Crippen molar-refractivity contribution in [2.24, 2.45) is 0 Å². The number of benzene rings is 2. The minimum Gasteiger partial charge on any atom is -0.437 e. The van der Waals surface area contributed by atoms with Crippen LogP contribution in [0.5, 0.6) is 0 Å². The van der Waals surface area contributed by atoms with E-state index in [9.17, 15) is 4.79 Å². The van der Waals surface area contributed by atoms with Crippen molar-refractivity contribution in [3.63, 3.8) is 0 Å². The fourth-order valence-corrected chi connectivity index (χ4v) is 5.45. The monoisotopic (exact) mass is 416 g/mol. The van der Waals surface area contributed by atoms with E-state index >= 15 is 0 Å². The molecule has 0 N–H and O–H groups in total. The first-order valence-corrected chi connectivity index (χ1v) is 11.6. The first-order chi connectivity index (χ1) is 14.8. The van der Waals surface area contributed by atoms with Crippen molar-refractivity contribution in [2.75, 3.05) is 18.8 Å². The number of hydrogen-bond acceptors (Lipinski definition) is 5. The molecule has 30 heavy (non-hydrogen) atoms. The summed E-state index contributed by atoms with van der Waals surface area (Å²) in [4.78, 5) is 20.2. The molecule has 5 rings (SSSR count). The van der Waals surface area contributed by atoms with Crippen LogP contribution in [0.25, 0.3) is 28.0 Å². The Labute approximate surface area is 180 Å². The third kappa shape index (κ3) is 3.70. The van der Waals surface area contributed by atoms with Crippen molar-refractivity contribution in [2.45, 2.75) is 25.7 Å². The SMILES string of the molecule is O=c1nc(C2=C(N3CCCCC3)SCC2)oc(-c2ccccc2)c1-c1ccccc1. The molecule has 2 aliphatic heterocycles. The zero-order valence-corrected chi connectivity index (χ0v) is 17.7. The van der Waals surface area contributed by atoms with Crippen LogP contribution in [0, 0.1) is 0 Å². The lowest BCUT2D eigenvalue weighted by Gasteiger charge is -2.30. The average Bonchev–Trinajstić information content (AvgIpc) is 3.30. The summed E-state index contributed by atoms with van der Waals surface area (Å²) in [6.07, 6.45) is 4.61. The second-order valence-corrected chi connectivity index (χ2v) is 8.77. The smallest absolute Gasteiger partial charge is 0.284 e. The van der Waals surface area contributed by atoms with Gasteiger partial charge >= 0.3 is 0 Å². The number of nitrogens with zero attached hydrogens (tertiary/aromatic N) is 2. The van der Waals surface area contributed by atoms with Crippen LogP contribution in [0.4, 0.5) is 0 Å². The number of likely N-dealkylation sites (tertiary alicyclic amines) is 1. The molecule has 2 aromatic carbocycles. The third-order valence-electron chi connectivity index (χ3n) is 5.69. The minimum atomic E-state index is -0.233. The van der Waals surface area contributed by atoms with Gasteiger partial charge in [-0.25, -0.2) is 0 Å². The Bertz CT molecular complexity index is 1120. The first-order valence-electron chi connectivity index (χ1n) is 10.6. The number of hydrogen-bond donors (Lipinski definition) is 0. The highest BCUT2D eigenvalue weighted by Gasteiger charge is 2.27. The molecule has 1 saturated heterocycles. The van der Waals surface area contributed by atoms with Crippen molar-refractivity contribution in [3.05, 3.63) is 81.9 Å². The van der Waals surface area contributed by atoms with Gasteiger partial charge in [-0.1, -0.05) is 60.7 Å². The fourth-order valence-electron chi connectivity index (χ4n) is 4.22.